The summed E-state index contributed by atoms with van der Waals surface area (Å²) >= 11 is 0. The van der Waals surface area contributed by atoms with Crippen molar-refractivity contribution in [2.45, 2.75) is 25.7 Å². The van der Waals surface area contributed by atoms with E-state index in [1.807, 2.05) is 0 Å². The highest BCUT2D eigenvalue weighted by atomic mass is 16.5. The Morgan fingerprint density at radius 3 is 2.62 bits per heavy atom. The largest absolute Gasteiger partial charge is 0.450 e. The molecule has 1 amide bonds. The maximum absolute atomic E-state index is 10.1. The average Bonchev–Trinajstić information content (AvgIpc) is 2.09. The standard InChI is InChI=1S/C8H14N2O3/c9-8(12)13-6-4-2-1-3-5-10-7-11/h1-6H2,(H2,9,12). The van der Waals surface area contributed by atoms with Crippen LogP contribution >= 0.6 is 0 Å². The number of carbonyl (C=O) groups excluding carboxylic acids is 2. The van der Waals surface area contributed by atoms with Gasteiger partial charge in [-0.05, 0) is 19.3 Å². The van der Waals surface area contributed by atoms with Gasteiger partial charge in [0, 0.05) is 0 Å². The van der Waals surface area contributed by atoms with Crippen molar-refractivity contribution in [2.75, 3.05) is 13.2 Å². The Morgan fingerprint density at radius 1 is 1.31 bits per heavy atom. The minimum absolute atomic E-state index is 0.367. The first-order valence-corrected chi connectivity index (χ1v) is 4.23. The summed E-state index contributed by atoms with van der Waals surface area (Å²) in [6.45, 7) is 0.895. The quantitative estimate of drug-likeness (QED) is 0.365. The van der Waals surface area contributed by atoms with Gasteiger partial charge in [0.2, 0.25) is 6.08 Å². The highest BCUT2D eigenvalue weighted by Gasteiger charge is 1.93. The second kappa shape index (κ2) is 8.74. The molecule has 5 nitrogen and oxygen atoms in total. The molecule has 0 spiro atoms. The van der Waals surface area contributed by atoms with Gasteiger partial charge in [0.25, 0.3) is 0 Å². The SMILES string of the molecule is NC(=O)OCCCCCCN=C=O. The number of hydrogen-bond donors (Lipinski definition) is 1. The smallest absolute Gasteiger partial charge is 0.404 e. The molecule has 0 radical (unpaired) electrons. The Morgan fingerprint density at radius 2 is 2.00 bits per heavy atom. The second-order valence-corrected chi connectivity index (χ2v) is 2.55. The summed E-state index contributed by atoms with van der Waals surface area (Å²) < 4.78 is 4.52. The minimum atomic E-state index is -0.731. The number of isocyanates is 1. The van der Waals surface area contributed by atoms with Crippen molar-refractivity contribution < 1.29 is 14.3 Å². The molecule has 0 aliphatic carbocycles. The molecule has 0 saturated carbocycles. The van der Waals surface area contributed by atoms with Crippen LogP contribution in [0.2, 0.25) is 0 Å². The molecule has 0 bridgehead atoms. The Bertz CT molecular complexity index is 182. The molecule has 0 aliphatic rings. The summed E-state index contributed by atoms with van der Waals surface area (Å²) in [5, 5.41) is 0. The van der Waals surface area contributed by atoms with Gasteiger partial charge in [-0.15, -0.1) is 0 Å². The minimum Gasteiger partial charge on any atom is -0.450 e. The van der Waals surface area contributed by atoms with Crippen molar-refractivity contribution >= 4 is 12.2 Å². The van der Waals surface area contributed by atoms with Crippen LogP contribution in [0.25, 0.3) is 0 Å². The lowest BCUT2D eigenvalue weighted by Crippen LogP contribution is -2.13. The molecule has 0 rings (SSSR count). The Kier molecular flexibility index (Phi) is 7.84. The van der Waals surface area contributed by atoms with Crippen LogP contribution in [0.1, 0.15) is 25.7 Å². The van der Waals surface area contributed by atoms with Gasteiger partial charge in [0.05, 0.1) is 13.2 Å². The third kappa shape index (κ3) is 10.7. The number of unbranched alkanes of at least 4 members (excludes halogenated alkanes) is 3. The molecule has 13 heavy (non-hydrogen) atoms. The van der Waals surface area contributed by atoms with Gasteiger partial charge in [-0.3, -0.25) is 0 Å². The summed E-state index contributed by atoms with van der Waals surface area (Å²) in [4.78, 5) is 23.2. The van der Waals surface area contributed by atoms with Crippen molar-refractivity contribution in [3.05, 3.63) is 0 Å². The van der Waals surface area contributed by atoms with Gasteiger partial charge in [-0.1, -0.05) is 6.42 Å². The molecule has 0 unspecified atom stereocenters. The summed E-state index contributed by atoms with van der Waals surface area (Å²) in [6, 6.07) is 0. The Balaban J connectivity index is 2.99. The summed E-state index contributed by atoms with van der Waals surface area (Å²) in [5.41, 5.74) is 4.75. The molecule has 0 aromatic carbocycles. The van der Waals surface area contributed by atoms with Gasteiger partial charge >= 0.3 is 6.09 Å². The molecule has 0 saturated heterocycles. The first kappa shape index (κ1) is 11.6. The van der Waals surface area contributed by atoms with E-state index in [1.54, 1.807) is 0 Å². The molecular weight excluding hydrogens is 172 g/mol. The normalized spacial score (nSPS) is 8.92. The number of carbonyl (C=O) groups is 1. The van der Waals surface area contributed by atoms with E-state index in [4.69, 9.17) is 5.73 Å². The van der Waals surface area contributed by atoms with Crippen molar-refractivity contribution in [1.29, 1.82) is 0 Å². The highest BCUT2D eigenvalue weighted by molar-refractivity contribution is 5.64. The average molecular weight is 186 g/mol. The van der Waals surface area contributed by atoms with Gasteiger partial charge in [0.1, 0.15) is 0 Å². The van der Waals surface area contributed by atoms with E-state index in [0.29, 0.717) is 13.2 Å². The number of amides is 1. The predicted molar refractivity (Wildman–Crippen MR) is 47.0 cm³/mol. The van der Waals surface area contributed by atoms with Crippen LogP contribution in [0.4, 0.5) is 4.79 Å². The summed E-state index contributed by atoms with van der Waals surface area (Å²) in [5.74, 6) is 0. The lowest BCUT2D eigenvalue weighted by molar-refractivity contribution is 0.154. The van der Waals surface area contributed by atoms with Crippen LogP contribution in [-0.4, -0.2) is 25.3 Å². The van der Waals surface area contributed by atoms with Crippen LogP contribution < -0.4 is 5.73 Å². The van der Waals surface area contributed by atoms with Crippen molar-refractivity contribution in [1.82, 2.24) is 0 Å². The molecule has 0 atom stereocenters. The predicted octanol–water partition coefficient (Wildman–Crippen LogP) is 0.978. The van der Waals surface area contributed by atoms with Crippen LogP contribution in [0.5, 0.6) is 0 Å². The van der Waals surface area contributed by atoms with E-state index >= 15 is 0 Å². The van der Waals surface area contributed by atoms with E-state index in [-0.39, 0.29) is 0 Å². The summed E-state index contributed by atoms with van der Waals surface area (Å²) in [7, 11) is 0. The zero-order valence-electron chi connectivity index (χ0n) is 7.49. The summed E-state index contributed by atoms with van der Waals surface area (Å²) in [6.07, 6.45) is 4.32. The van der Waals surface area contributed by atoms with Crippen LogP contribution in [0.15, 0.2) is 4.99 Å². The number of rotatable bonds is 7. The van der Waals surface area contributed by atoms with E-state index in [0.717, 1.165) is 25.7 Å². The molecule has 0 aromatic heterocycles. The third-order valence-corrected chi connectivity index (χ3v) is 1.47. The van der Waals surface area contributed by atoms with Crippen molar-refractivity contribution in [2.24, 2.45) is 10.7 Å². The molecular formula is C8H14N2O3. The molecule has 0 heterocycles. The van der Waals surface area contributed by atoms with E-state index < -0.39 is 6.09 Å². The maximum atomic E-state index is 10.1. The van der Waals surface area contributed by atoms with E-state index in [1.165, 1.54) is 6.08 Å². The van der Waals surface area contributed by atoms with Crippen LogP contribution in [0.3, 0.4) is 0 Å². The van der Waals surface area contributed by atoms with Crippen LogP contribution in [-0.2, 0) is 9.53 Å². The first-order chi connectivity index (χ1) is 6.27. The highest BCUT2D eigenvalue weighted by Crippen LogP contribution is 1.99. The molecule has 0 fully saturated rings. The number of ether oxygens (including phenoxy) is 1. The van der Waals surface area contributed by atoms with Crippen molar-refractivity contribution in [3.8, 4) is 0 Å². The lowest BCUT2D eigenvalue weighted by atomic mass is 10.2. The molecule has 74 valence electrons. The van der Waals surface area contributed by atoms with Crippen molar-refractivity contribution in [3.63, 3.8) is 0 Å². The van der Waals surface area contributed by atoms with Gasteiger partial charge in [-0.2, -0.15) is 0 Å². The van der Waals surface area contributed by atoms with Gasteiger partial charge < -0.3 is 10.5 Å². The monoisotopic (exact) mass is 186 g/mol. The van der Waals surface area contributed by atoms with Gasteiger partial charge in [-0.25, -0.2) is 14.6 Å². The zero-order valence-corrected chi connectivity index (χ0v) is 7.49. The van der Waals surface area contributed by atoms with Crippen LogP contribution in [0, 0.1) is 0 Å². The lowest BCUT2D eigenvalue weighted by Gasteiger charge is -1.99. The van der Waals surface area contributed by atoms with E-state index in [9.17, 15) is 9.59 Å². The third-order valence-electron chi connectivity index (χ3n) is 1.47. The number of primary amides is 1. The topological polar surface area (TPSA) is 81.8 Å². The zero-order chi connectivity index (χ0) is 9.94. The fourth-order valence-corrected chi connectivity index (χ4v) is 0.865. The fourth-order valence-electron chi connectivity index (χ4n) is 0.865. The maximum Gasteiger partial charge on any atom is 0.404 e. The Hall–Kier alpha value is -1.35. The number of nitrogens with two attached hydrogens (primary N) is 1. The fraction of sp³-hybridized carbons (Fsp3) is 0.750. The number of hydrogen-bond acceptors (Lipinski definition) is 4. The molecule has 0 aliphatic heterocycles. The molecule has 0 aromatic rings. The number of nitrogens with zero attached hydrogens (tertiary/aromatic N) is 1. The molecule has 2 N–H and O–H groups in total. The molecule has 5 heteroatoms. The Labute approximate surface area is 77.0 Å². The van der Waals surface area contributed by atoms with E-state index in [2.05, 4.69) is 9.73 Å². The number of aliphatic imine (C=N–C) groups is 1. The second-order valence-electron chi connectivity index (χ2n) is 2.55. The van der Waals surface area contributed by atoms with Gasteiger partial charge in [0.15, 0.2) is 0 Å². The first-order valence-electron chi connectivity index (χ1n) is 4.23.